The van der Waals surface area contributed by atoms with Crippen LogP contribution in [0.2, 0.25) is 0 Å². The van der Waals surface area contributed by atoms with Crippen LogP contribution >= 0.6 is 0 Å². The summed E-state index contributed by atoms with van der Waals surface area (Å²) in [6.45, 7) is 3.57. The number of carboxylic acid groups (broad SMARTS) is 1. The van der Waals surface area contributed by atoms with E-state index in [4.69, 9.17) is 9.84 Å². The Kier molecular flexibility index (Phi) is 6.89. The van der Waals surface area contributed by atoms with Crippen molar-refractivity contribution in [1.82, 2.24) is 0 Å². The summed E-state index contributed by atoms with van der Waals surface area (Å²) in [6.07, 6.45) is 3.14. The molecule has 0 heterocycles. The van der Waals surface area contributed by atoms with Crippen molar-refractivity contribution in [2.24, 2.45) is 0 Å². The summed E-state index contributed by atoms with van der Waals surface area (Å²) in [7, 11) is 0. The Balaban J connectivity index is 2.17. The summed E-state index contributed by atoms with van der Waals surface area (Å²) in [5.74, 6) is -2.24. The van der Waals surface area contributed by atoms with Gasteiger partial charge in [-0.05, 0) is 42.7 Å². The van der Waals surface area contributed by atoms with E-state index in [1.54, 1.807) is 36.4 Å². The molecule has 2 aromatic rings. The maximum Gasteiger partial charge on any atom is 0.311 e. The number of rotatable bonds is 8. The number of carbonyl (C=O) groups excluding carboxylic acids is 1. The Bertz CT molecular complexity index is 785. The van der Waals surface area contributed by atoms with Crippen LogP contribution < -0.4 is 4.74 Å². The van der Waals surface area contributed by atoms with Crippen LogP contribution in [0, 0.1) is 5.82 Å². The highest BCUT2D eigenvalue weighted by molar-refractivity contribution is 5.76. The SMILES string of the molecule is CCCCCC(=O)Oc1cccc(-c2ccc(C(C)C(=O)O)cc2F)c1. The molecular formula is C21H23FO4. The monoisotopic (exact) mass is 358 g/mol. The summed E-state index contributed by atoms with van der Waals surface area (Å²) in [4.78, 5) is 22.9. The summed E-state index contributed by atoms with van der Waals surface area (Å²) in [6, 6.07) is 11.0. The van der Waals surface area contributed by atoms with Crippen molar-refractivity contribution in [3.05, 3.63) is 53.8 Å². The zero-order chi connectivity index (χ0) is 19.1. The lowest BCUT2D eigenvalue weighted by Gasteiger charge is -2.11. The number of aliphatic carboxylic acids is 1. The quantitative estimate of drug-likeness (QED) is 0.402. The molecule has 5 heteroatoms. The minimum Gasteiger partial charge on any atom is -0.481 e. The fourth-order valence-electron chi connectivity index (χ4n) is 2.61. The standard InChI is InChI=1S/C21H23FO4/c1-3-4-5-9-20(23)26-17-8-6-7-16(12-17)18-11-10-15(13-19(18)22)14(2)21(24)25/h6-8,10-14H,3-5,9H2,1-2H3,(H,24,25). The van der Waals surface area contributed by atoms with E-state index < -0.39 is 17.7 Å². The van der Waals surface area contributed by atoms with Crippen molar-refractivity contribution < 1.29 is 23.8 Å². The predicted octanol–water partition coefficient (Wildman–Crippen LogP) is 5.17. The molecule has 0 radical (unpaired) electrons. The lowest BCUT2D eigenvalue weighted by Crippen LogP contribution is -2.08. The number of ether oxygens (including phenoxy) is 1. The molecule has 0 aliphatic heterocycles. The smallest absolute Gasteiger partial charge is 0.311 e. The first-order chi connectivity index (χ1) is 12.4. The van der Waals surface area contributed by atoms with E-state index in [1.165, 1.54) is 13.0 Å². The number of carbonyl (C=O) groups is 2. The average molecular weight is 358 g/mol. The minimum absolute atomic E-state index is 0.304. The van der Waals surface area contributed by atoms with Gasteiger partial charge in [-0.25, -0.2) is 4.39 Å². The molecule has 26 heavy (non-hydrogen) atoms. The number of hydrogen-bond acceptors (Lipinski definition) is 3. The maximum atomic E-state index is 14.5. The normalized spacial score (nSPS) is 11.8. The first-order valence-electron chi connectivity index (χ1n) is 8.75. The first kappa shape index (κ1) is 19.6. The van der Waals surface area contributed by atoms with Crippen molar-refractivity contribution >= 4 is 11.9 Å². The zero-order valence-electron chi connectivity index (χ0n) is 15.0. The van der Waals surface area contributed by atoms with Crippen molar-refractivity contribution in [2.75, 3.05) is 0 Å². The molecule has 0 fully saturated rings. The molecule has 0 aliphatic carbocycles. The van der Waals surface area contributed by atoms with Gasteiger partial charge >= 0.3 is 11.9 Å². The molecule has 1 N–H and O–H groups in total. The van der Waals surface area contributed by atoms with E-state index in [-0.39, 0.29) is 5.97 Å². The van der Waals surface area contributed by atoms with Crippen molar-refractivity contribution in [3.63, 3.8) is 0 Å². The molecule has 0 saturated heterocycles. The Morgan fingerprint density at radius 2 is 1.92 bits per heavy atom. The number of hydrogen-bond donors (Lipinski definition) is 1. The molecule has 1 unspecified atom stereocenters. The zero-order valence-corrected chi connectivity index (χ0v) is 15.0. The summed E-state index contributed by atoms with van der Waals surface area (Å²) >= 11 is 0. The molecular weight excluding hydrogens is 335 g/mol. The van der Waals surface area contributed by atoms with Gasteiger partial charge in [0.15, 0.2) is 0 Å². The molecule has 0 amide bonds. The van der Waals surface area contributed by atoms with Crippen LogP contribution in [0.4, 0.5) is 4.39 Å². The van der Waals surface area contributed by atoms with Gasteiger partial charge in [0, 0.05) is 12.0 Å². The minimum atomic E-state index is -1.01. The van der Waals surface area contributed by atoms with Gasteiger partial charge in [0.1, 0.15) is 11.6 Å². The van der Waals surface area contributed by atoms with Crippen LogP contribution in [0.3, 0.4) is 0 Å². The molecule has 4 nitrogen and oxygen atoms in total. The first-order valence-corrected chi connectivity index (χ1v) is 8.75. The largest absolute Gasteiger partial charge is 0.481 e. The van der Waals surface area contributed by atoms with Crippen molar-refractivity contribution in [3.8, 4) is 16.9 Å². The summed E-state index contributed by atoms with van der Waals surface area (Å²) in [5.41, 5.74) is 1.29. The fraction of sp³-hybridized carbons (Fsp3) is 0.333. The molecule has 2 aromatic carbocycles. The van der Waals surface area contributed by atoms with Crippen LogP contribution in [0.25, 0.3) is 11.1 Å². The number of unbranched alkanes of at least 4 members (excludes halogenated alkanes) is 2. The lowest BCUT2D eigenvalue weighted by molar-refractivity contribution is -0.138. The van der Waals surface area contributed by atoms with Crippen molar-refractivity contribution in [2.45, 2.75) is 45.4 Å². The molecule has 0 bridgehead atoms. The molecule has 1 atom stereocenters. The van der Waals surface area contributed by atoms with E-state index in [2.05, 4.69) is 6.92 Å². The third-order valence-electron chi connectivity index (χ3n) is 4.22. The van der Waals surface area contributed by atoms with Crippen LogP contribution in [0.15, 0.2) is 42.5 Å². The molecule has 2 rings (SSSR count). The van der Waals surface area contributed by atoms with Gasteiger partial charge < -0.3 is 9.84 Å². The van der Waals surface area contributed by atoms with Gasteiger partial charge in [-0.1, -0.05) is 44.0 Å². The fourth-order valence-corrected chi connectivity index (χ4v) is 2.61. The van der Waals surface area contributed by atoms with Gasteiger partial charge in [-0.3, -0.25) is 9.59 Å². The second kappa shape index (κ2) is 9.13. The highest BCUT2D eigenvalue weighted by Crippen LogP contribution is 2.29. The number of halogens is 1. The Hall–Kier alpha value is -2.69. The second-order valence-corrected chi connectivity index (χ2v) is 6.26. The van der Waals surface area contributed by atoms with E-state index in [1.807, 2.05) is 0 Å². The third kappa shape index (κ3) is 5.15. The van der Waals surface area contributed by atoms with Crippen molar-refractivity contribution in [1.29, 1.82) is 0 Å². The average Bonchev–Trinajstić information content (AvgIpc) is 2.61. The van der Waals surface area contributed by atoms with Gasteiger partial charge in [-0.2, -0.15) is 0 Å². The highest BCUT2D eigenvalue weighted by Gasteiger charge is 2.16. The number of benzene rings is 2. The molecule has 0 saturated carbocycles. The molecule has 0 aromatic heterocycles. The lowest BCUT2D eigenvalue weighted by atomic mass is 9.97. The highest BCUT2D eigenvalue weighted by atomic mass is 19.1. The van der Waals surface area contributed by atoms with Crippen LogP contribution in [0.1, 0.15) is 51.0 Å². The Labute approximate surface area is 152 Å². The molecule has 0 spiro atoms. The van der Waals surface area contributed by atoms with E-state index in [0.29, 0.717) is 28.9 Å². The Morgan fingerprint density at radius 1 is 1.15 bits per heavy atom. The van der Waals surface area contributed by atoms with Crippen LogP contribution in [0.5, 0.6) is 5.75 Å². The van der Waals surface area contributed by atoms with E-state index >= 15 is 0 Å². The van der Waals surface area contributed by atoms with Crippen LogP contribution in [-0.4, -0.2) is 17.0 Å². The van der Waals surface area contributed by atoms with Gasteiger partial charge in [0.2, 0.25) is 0 Å². The van der Waals surface area contributed by atoms with Crippen LogP contribution in [-0.2, 0) is 9.59 Å². The Morgan fingerprint density at radius 3 is 2.58 bits per heavy atom. The predicted molar refractivity (Wildman–Crippen MR) is 97.7 cm³/mol. The van der Waals surface area contributed by atoms with Gasteiger partial charge in [0.05, 0.1) is 5.92 Å². The summed E-state index contributed by atoms with van der Waals surface area (Å²) in [5, 5.41) is 9.04. The number of carboxylic acids is 1. The second-order valence-electron chi connectivity index (χ2n) is 6.26. The van der Waals surface area contributed by atoms with E-state index in [9.17, 15) is 14.0 Å². The summed E-state index contributed by atoms with van der Waals surface area (Å²) < 4.78 is 19.8. The maximum absolute atomic E-state index is 14.5. The molecule has 0 aliphatic rings. The topological polar surface area (TPSA) is 63.6 Å². The van der Waals surface area contributed by atoms with E-state index in [0.717, 1.165) is 19.3 Å². The molecule has 138 valence electrons. The van der Waals surface area contributed by atoms with Gasteiger partial charge in [-0.15, -0.1) is 0 Å². The third-order valence-corrected chi connectivity index (χ3v) is 4.22. The van der Waals surface area contributed by atoms with Gasteiger partial charge in [0.25, 0.3) is 0 Å². The number of esters is 1.